The minimum atomic E-state index is -2.25. The number of esters is 2. The summed E-state index contributed by atoms with van der Waals surface area (Å²) in [5, 5.41) is 2.29. The molecule has 1 aromatic carbocycles. The smallest absolute Gasteiger partial charge is 0.344 e. The standard InChI is InChI=1S/C26H33NO6/c1-5-8-9-10-11-12-13-14-21-15-17-22(18-16-21)23(29)19-26(27-20(4)28,24(30)32-6-2)25(31)33-7-3/h5,15-18H,1,6-12,19H2,2-4H3,(H,27,28). The van der Waals surface area contributed by atoms with Crippen LogP contribution in [0.2, 0.25) is 0 Å². The lowest BCUT2D eigenvalue weighted by molar-refractivity contribution is -0.167. The van der Waals surface area contributed by atoms with Crippen LogP contribution in [-0.2, 0) is 23.9 Å². The first-order valence-corrected chi connectivity index (χ1v) is 11.2. The Labute approximate surface area is 195 Å². The zero-order valence-electron chi connectivity index (χ0n) is 19.7. The van der Waals surface area contributed by atoms with Crippen molar-refractivity contribution in [2.24, 2.45) is 0 Å². The Balaban J connectivity index is 2.98. The van der Waals surface area contributed by atoms with Gasteiger partial charge in [-0.1, -0.05) is 36.5 Å². The summed E-state index contributed by atoms with van der Waals surface area (Å²) in [5.41, 5.74) is -1.23. The molecule has 0 aliphatic heterocycles. The van der Waals surface area contributed by atoms with Crippen molar-refractivity contribution in [2.75, 3.05) is 13.2 Å². The molecule has 0 spiro atoms. The van der Waals surface area contributed by atoms with E-state index in [0.29, 0.717) is 0 Å². The third-order valence-corrected chi connectivity index (χ3v) is 4.71. The largest absolute Gasteiger partial charge is 0.464 e. The van der Waals surface area contributed by atoms with Gasteiger partial charge in [0.15, 0.2) is 5.78 Å². The van der Waals surface area contributed by atoms with E-state index in [4.69, 9.17) is 9.47 Å². The quantitative estimate of drug-likeness (QED) is 0.121. The molecule has 7 nitrogen and oxygen atoms in total. The number of ketones is 1. The first kappa shape index (κ1) is 27.6. The van der Waals surface area contributed by atoms with Crippen LogP contribution in [0, 0.1) is 11.8 Å². The maximum absolute atomic E-state index is 12.9. The fourth-order valence-corrected chi connectivity index (χ4v) is 3.11. The molecule has 1 rings (SSSR count). The Morgan fingerprint density at radius 2 is 1.61 bits per heavy atom. The lowest BCUT2D eigenvalue weighted by atomic mass is 9.89. The van der Waals surface area contributed by atoms with Crippen LogP contribution in [-0.4, -0.2) is 42.4 Å². The van der Waals surface area contributed by atoms with Crippen molar-refractivity contribution in [3.8, 4) is 11.8 Å². The number of hydrogen-bond acceptors (Lipinski definition) is 6. The summed E-state index contributed by atoms with van der Waals surface area (Å²) in [6.45, 7) is 7.90. The van der Waals surface area contributed by atoms with Gasteiger partial charge < -0.3 is 14.8 Å². The SMILES string of the molecule is C=CCCCCCC#Cc1ccc(C(=O)CC(NC(C)=O)(C(=O)OCC)C(=O)OCC)cc1. The highest BCUT2D eigenvalue weighted by molar-refractivity contribution is 6.13. The molecule has 0 aliphatic carbocycles. The van der Waals surface area contributed by atoms with Crippen LogP contribution in [0.1, 0.15) is 75.2 Å². The van der Waals surface area contributed by atoms with Crippen LogP contribution < -0.4 is 5.32 Å². The van der Waals surface area contributed by atoms with Gasteiger partial charge in [0, 0.05) is 24.5 Å². The molecule has 0 heterocycles. The second-order valence-electron chi connectivity index (χ2n) is 7.39. The zero-order valence-corrected chi connectivity index (χ0v) is 19.7. The Kier molecular flexibility index (Phi) is 12.2. The van der Waals surface area contributed by atoms with E-state index in [1.807, 2.05) is 6.08 Å². The number of hydrogen-bond donors (Lipinski definition) is 1. The van der Waals surface area contributed by atoms with Gasteiger partial charge in [-0.2, -0.15) is 0 Å². The van der Waals surface area contributed by atoms with Gasteiger partial charge in [0.05, 0.1) is 19.6 Å². The van der Waals surface area contributed by atoms with E-state index < -0.39 is 35.6 Å². The van der Waals surface area contributed by atoms with Crippen molar-refractivity contribution >= 4 is 23.6 Å². The number of amides is 1. The average Bonchev–Trinajstić information content (AvgIpc) is 2.78. The van der Waals surface area contributed by atoms with Crippen LogP contribution in [0.25, 0.3) is 0 Å². The summed E-state index contributed by atoms with van der Waals surface area (Å²) in [4.78, 5) is 50.0. The molecule has 1 N–H and O–H groups in total. The fraction of sp³-hybridized carbons (Fsp3) is 0.462. The molecule has 178 valence electrons. The third kappa shape index (κ3) is 8.93. The van der Waals surface area contributed by atoms with E-state index >= 15 is 0 Å². The number of rotatable bonds is 13. The van der Waals surface area contributed by atoms with Gasteiger partial charge in [-0.3, -0.25) is 9.59 Å². The van der Waals surface area contributed by atoms with Crippen LogP contribution in [0.15, 0.2) is 36.9 Å². The van der Waals surface area contributed by atoms with E-state index in [9.17, 15) is 19.2 Å². The molecule has 0 aromatic heterocycles. The molecule has 1 aromatic rings. The van der Waals surface area contributed by atoms with Crippen LogP contribution in [0.4, 0.5) is 0 Å². The minimum absolute atomic E-state index is 0.0324. The summed E-state index contributed by atoms with van der Waals surface area (Å²) in [6, 6.07) is 6.55. The van der Waals surface area contributed by atoms with Crippen LogP contribution in [0.3, 0.4) is 0 Å². The number of carbonyl (C=O) groups is 4. The van der Waals surface area contributed by atoms with Crippen molar-refractivity contribution in [3.63, 3.8) is 0 Å². The first-order valence-electron chi connectivity index (χ1n) is 11.2. The maximum Gasteiger partial charge on any atom is 0.344 e. The van der Waals surface area contributed by atoms with Crippen molar-refractivity contribution in [1.82, 2.24) is 5.32 Å². The van der Waals surface area contributed by atoms with E-state index in [1.165, 1.54) is 0 Å². The normalized spacial score (nSPS) is 10.4. The number of allylic oxidation sites excluding steroid dienone is 1. The molecule has 7 heteroatoms. The van der Waals surface area contributed by atoms with E-state index in [1.54, 1.807) is 38.1 Å². The summed E-state index contributed by atoms with van der Waals surface area (Å²) in [7, 11) is 0. The number of unbranched alkanes of at least 4 members (excludes halogenated alkanes) is 4. The number of carbonyl (C=O) groups excluding carboxylic acids is 4. The molecule has 0 saturated carbocycles. The lowest BCUT2D eigenvalue weighted by Gasteiger charge is -2.29. The van der Waals surface area contributed by atoms with E-state index in [-0.39, 0.29) is 18.8 Å². The molecule has 0 bridgehead atoms. The maximum atomic E-state index is 12.9. The second-order valence-corrected chi connectivity index (χ2v) is 7.39. The van der Waals surface area contributed by atoms with E-state index in [0.717, 1.165) is 44.6 Å². The number of Topliss-reactive ketones (excluding diaryl/α,β-unsaturated/α-hetero) is 1. The number of ether oxygens (including phenoxy) is 2. The average molecular weight is 456 g/mol. The Hall–Kier alpha value is -3.40. The molecule has 0 unspecified atom stereocenters. The predicted octanol–water partition coefficient (Wildman–Crippen LogP) is 3.75. The summed E-state index contributed by atoms with van der Waals surface area (Å²) in [6.07, 6.45) is 6.32. The lowest BCUT2D eigenvalue weighted by Crippen LogP contribution is -2.62. The molecule has 0 saturated heterocycles. The molecule has 0 fully saturated rings. The number of nitrogens with one attached hydrogen (secondary N) is 1. The summed E-state index contributed by atoms with van der Waals surface area (Å²) >= 11 is 0. The van der Waals surface area contributed by atoms with Gasteiger partial charge in [0.2, 0.25) is 11.4 Å². The second kappa shape index (κ2) is 14.6. The Morgan fingerprint density at radius 1 is 1.00 bits per heavy atom. The first-order chi connectivity index (χ1) is 15.8. The van der Waals surface area contributed by atoms with Gasteiger partial charge in [0.25, 0.3) is 0 Å². The van der Waals surface area contributed by atoms with Crippen molar-refractivity contribution in [3.05, 3.63) is 48.0 Å². The molecular formula is C26H33NO6. The predicted molar refractivity (Wildman–Crippen MR) is 125 cm³/mol. The topological polar surface area (TPSA) is 98.8 Å². The minimum Gasteiger partial charge on any atom is -0.464 e. The van der Waals surface area contributed by atoms with Crippen molar-refractivity contribution < 1.29 is 28.7 Å². The van der Waals surface area contributed by atoms with E-state index in [2.05, 4.69) is 23.7 Å². The fourth-order valence-electron chi connectivity index (χ4n) is 3.11. The monoisotopic (exact) mass is 455 g/mol. The molecular weight excluding hydrogens is 422 g/mol. The van der Waals surface area contributed by atoms with Gasteiger partial charge in [-0.25, -0.2) is 9.59 Å². The summed E-state index contributed by atoms with van der Waals surface area (Å²) < 4.78 is 9.98. The molecule has 0 atom stereocenters. The third-order valence-electron chi connectivity index (χ3n) is 4.71. The van der Waals surface area contributed by atoms with Gasteiger partial charge in [-0.05, 0) is 45.2 Å². The molecule has 1 amide bonds. The number of benzene rings is 1. The Bertz CT molecular complexity index is 874. The van der Waals surface area contributed by atoms with Crippen molar-refractivity contribution in [1.29, 1.82) is 0 Å². The van der Waals surface area contributed by atoms with Gasteiger partial charge in [0.1, 0.15) is 0 Å². The molecule has 33 heavy (non-hydrogen) atoms. The summed E-state index contributed by atoms with van der Waals surface area (Å²) in [5.74, 6) is 2.91. The Morgan fingerprint density at radius 3 is 2.12 bits per heavy atom. The highest BCUT2D eigenvalue weighted by Crippen LogP contribution is 2.20. The van der Waals surface area contributed by atoms with Crippen molar-refractivity contribution in [2.45, 2.75) is 64.8 Å². The highest BCUT2D eigenvalue weighted by atomic mass is 16.6. The van der Waals surface area contributed by atoms with Gasteiger partial charge >= 0.3 is 11.9 Å². The highest BCUT2D eigenvalue weighted by Gasteiger charge is 2.51. The molecule has 0 radical (unpaired) electrons. The zero-order chi connectivity index (χ0) is 24.7. The van der Waals surface area contributed by atoms with Gasteiger partial charge in [-0.15, -0.1) is 6.58 Å². The van der Waals surface area contributed by atoms with Crippen LogP contribution in [0.5, 0.6) is 0 Å². The van der Waals surface area contributed by atoms with Crippen LogP contribution >= 0.6 is 0 Å². The molecule has 0 aliphatic rings.